The summed E-state index contributed by atoms with van der Waals surface area (Å²) >= 11 is 0. The number of nitrogens with one attached hydrogen (secondary N) is 1. The molecular weight excluding hydrogens is 512 g/mol. The lowest BCUT2D eigenvalue weighted by atomic mass is 9.90. The van der Waals surface area contributed by atoms with Crippen LogP contribution in [0.25, 0.3) is 11.1 Å². The van der Waals surface area contributed by atoms with E-state index in [1.54, 1.807) is 0 Å². The minimum Gasteiger partial charge on any atom is -0.491 e. The van der Waals surface area contributed by atoms with Gasteiger partial charge in [0.2, 0.25) is 0 Å². The van der Waals surface area contributed by atoms with Gasteiger partial charge in [0.1, 0.15) is 30.8 Å². The van der Waals surface area contributed by atoms with Gasteiger partial charge in [-0.25, -0.2) is 14.6 Å². The molecule has 1 N–H and O–H groups in total. The van der Waals surface area contributed by atoms with Gasteiger partial charge in [0.15, 0.2) is 5.79 Å². The van der Waals surface area contributed by atoms with Crippen molar-refractivity contribution in [3.05, 3.63) is 103 Å². The highest BCUT2D eigenvalue weighted by Crippen LogP contribution is 2.35. The molecule has 0 bridgehead atoms. The van der Waals surface area contributed by atoms with Gasteiger partial charge >= 0.3 is 11.4 Å². The fraction of sp³-hybridized carbons (Fsp3) is 0.355. The van der Waals surface area contributed by atoms with E-state index >= 15 is 0 Å². The van der Waals surface area contributed by atoms with Crippen LogP contribution in [0.15, 0.2) is 68.7 Å². The van der Waals surface area contributed by atoms with E-state index in [-0.39, 0.29) is 12.6 Å². The van der Waals surface area contributed by atoms with Gasteiger partial charge in [0.25, 0.3) is 0 Å². The van der Waals surface area contributed by atoms with Crippen LogP contribution in [0.3, 0.4) is 0 Å². The number of hydrogen-bond acceptors (Lipinski definition) is 7. The lowest BCUT2D eigenvalue weighted by Gasteiger charge is -2.19. The first-order chi connectivity index (χ1) is 19.1. The molecule has 0 saturated carbocycles. The van der Waals surface area contributed by atoms with Gasteiger partial charge in [-0.05, 0) is 97.8 Å². The Labute approximate surface area is 232 Å². The fourth-order valence-corrected chi connectivity index (χ4v) is 5.01. The normalized spacial score (nSPS) is 16.3. The molecule has 1 aliphatic heterocycles. The highest BCUT2D eigenvalue weighted by Gasteiger charge is 2.33. The second kappa shape index (κ2) is 11.2. The highest BCUT2D eigenvalue weighted by atomic mass is 16.7. The van der Waals surface area contributed by atoms with E-state index in [0.717, 1.165) is 43.9 Å². The third-order valence-corrected chi connectivity index (χ3v) is 7.00. The molecule has 1 atom stereocenters. The van der Waals surface area contributed by atoms with Crippen LogP contribution in [0.4, 0.5) is 0 Å². The van der Waals surface area contributed by atoms with E-state index in [2.05, 4.69) is 56.1 Å². The van der Waals surface area contributed by atoms with Crippen LogP contribution in [-0.2, 0) is 22.6 Å². The molecule has 0 aliphatic carbocycles. The van der Waals surface area contributed by atoms with E-state index < -0.39 is 17.2 Å². The average Bonchev–Trinajstić information content (AvgIpc) is 3.42. The molecule has 2 heterocycles. The van der Waals surface area contributed by atoms with Crippen molar-refractivity contribution in [1.29, 1.82) is 0 Å². The number of aromatic nitrogens is 2. The standard InChI is InChI=1S/C31H34N2O7/c1-19-13-25(37-17-26-18-38-31(4,5)39-26)14-20(2)28(19)27-8-6-7-23(21(27)3)16-36-24-11-9-22(10-12-24)15-33-29(34)32-30(35)40-33/h6-14,26H,15-18H2,1-5H3,(H,32,34,35). The Morgan fingerprint density at radius 3 is 2.33 bits per heavy atom. The molecule has 0 amide bonds. The van der Waals surface area contributed by atoms with Crippen molar-refractivity contribution in [2.24, 2.45) is 0 Å². The van der Waals surface area contributed by atoms with Crippen LogP contribution >= 0.6 is 0 Å². The Bertz CT molecular complexity index is 1590. The monoisotopic (exact) mass is 546 g/mol. The van der Waals surface area contributed by atoms with E-state index in [1.807, 2.05) is 38.1 Å². The minimum absolute atomic E-state index is 0.0864. The summed E-state index contributed by atoms with van der Waals surface area (Å²) in [6, 6.07) is 17.7. The molecule has 40 heavy (non-hydrogen) atoms. The third kappa shape index (κ3) is 6.21. The summed E-state index contributed by atoms with van der Waals surface area (Å²) in [6.45, 7) is 11.7. The summed E-state index contributed by atoms with van der Waals surface area (Å²) in [7, 11) is 0. The van der Waals surface area contributed by atoms with Crippen LogP contribution in [0.1, 0.15) is 41.7 Å². The summed E-state index contributed by atoms with van der Waals surface area (Å²) in [4.78, 5) is 24.9. The number of H-pyrrole nitrogens is 1. The van der Waals surface area contributed by atoms with Crippen LogP contribution < -0.4 is 20.9 Å². The first-order valence-electron chi connectivity index (χ1n) is 13.2. The van der Waals surface area contributed by atoms with Crippen molar-refractivity contribution >= 4 is 0 Å². The van der Waals surface area contributed by atoms with Gasteiger partial charge in [-0.2, -0.15) is 0 Å². The first-order valence-corrected chi connectivity index (χ1v) is 13.2. The van der Waals surface area contributed by atoms with E-state index in [0.29, 0.717) is 25.6 Å². The second-order valence-electron chi connectivity index (χ2n) is 10.6. The number of ether oxygens (including phenoxy) is 4. The summed E-state index contributed by atoms with van der Waals surface area (Å²) in [5.74, 6) is 0.178. The molecule has 1 fully saturated rings. The molecule has 0 radical (unpaired) electrons. The Balaban J connectivity index is 1.25. The van der Waals surface area contributed by atoms with Crippen molar-refractivity contribution in [2.45, 2.75) is 59.7 Å². The Hall–Kier alpha value is -4.08. The zero-order valence-electron chi connectivity index (χ0n) is 23.4. The largest absolute Gasteiger partial charge is 0.491 e. The van der Waals surface area contributed by atoms with Gasteiger partial charge in [-0.15, -0.1) is 4.74 Å². The maximum atomic E-state index is 11.7. The van der Waals surface area contributed by atoms with Gasteiger partial charge in [0.05, 0.1) is 13.2 Å². The van der Waals surface area contributed by atoms with Gasteiger partial charge in [-0.1, -0.05) is 30.3 Å². The number of aromatic amines is 1. The summed E-state index contributed by atoms with van der Waals surface area (Å²) in [6.07, 6.45) is -0.0864. The number of hydrogen-bond donors (Lipinski definition) is 1. The van der Waals surface area contributed by atoms with Crippen LogP contribution in [-0.4, -0.2) is 34.8 Å². The van der Waals surface area contributed by atoms with E-state index in [1.165, 1.54) is 5.56 Å². The number of nitrogens with zero attached hydrogens (tertiary/aromatic N) is 1. The smallest absolute Gasteiger partial charge is 0.440 e. The summed E-state index contributed by atoms with van der Waals surface area (Å²) < 4.78 is 29.4. The molecule has 4 aromatic rings. The maximum Gasteiger partial charge on any atom is 0.440 e. The van der Waals surface area contributed by atoms with Crippen molar-refractivity contribution in [1.82, 2.24) is 9.72 Å². The summed E-state index contributed by atoms with van der Waals surface area (Å²) in [5.41, 5.74) is 7.07. The fourth-order valence-electron chi connectivity index (χ4n) is 5.01. The predicted molar refractivity (Wildman–Crippen MR) is 150 cm³/mol. The Morgan fingerprint density at radius 1 is 0.975 bits per heavy atom. The lowest BCUT2D eigenvalue weighted by molar-refractivity contribution is -0.141. The van der Waals surface area contributed by atoms with Crippen LogP contribution in [0.5, 0.6) is 11.5 Å². The second-order valence-corrected chi connectivity index (χ2v) is 10.6. The molecule has 0 spiro atoms. The SMILES string of the molecule is Cc1cc(OCC2COC(C)(C)O2)cc(C)c1-c1cccc(COc2ccc(Cn3oc(=O)[nH]c3=O)cc2)c1C. The molecule has 3 aromatic carbocycles. The predicted octanol–water partition coefficient (Wildman–Crippen LogP) is 4.88. The molecule has 1 aromatic heterocycles. The average molecular weight is 547 g/mol. The van der Waals surface area contributed by atoms with Crippen molar-refractivity contribution in [3.8, 4) is 22.6 Å². The van der Waals surface area contributed by atoms with Crippen molar-refractivity contribution in [3.63, 3.8) is 0 Å². The van der Waals surface area contributed by atoms with Crippen LogP contribution in [0, 0.1) is 20.8 Å². The summed E-state index contributed by atoms with van der Waals surface area (Å²) in [5, 5.41) is 0. The number of rotatable bonds is 9. The third-order valence-electron chi connectivity index (χ3n) is 7.00. The minimum atomic E-state index is -0.772. The molecule has 9 heteroatoms. The topological polar surface area (TPSA) is 105 Å². The van der Waals surface area contributed by atoms with E-state index in [4.69, 9.17) is 23.5 Å². The molecule has 9 nitrogen and oxygen atoms in total. The molecule has 1 saturated heterocycles. The van der Waals surface area contributed by atoms with Gasteiger partial charge in [-0.3, -0.25) is 0 Å². The maximum absolute atomic E-state index is 11.7. The quantitative estimate of drug-likeness (QED) is 0.319. The van der Waals surface area contributed by atoms with Crippen molar-refractivity contribution < 1.29 is 23.5 Å². The van der Waals surface area contributed by atoms with Crippen molar-refractivity contribution in [2.75, 3.05) is 13.2 Å². The van der Waals surface area contributed by atoms with E-state index in [9.17, 15) is 9.59 Å². The Kier molecular flexibility index (Phi) is 7.69. The molecular formula is C31H34N2O7. The Morgan fingerprint density at radius 2 is 1.70 bits per heavy atom. The van der Waals surface area contributed by atoms with Gasteiger partial charge < -0.3 is 23.5 Å². The lowest BCUT2D eigenvalue weighted by Crippen LogP contribution is -2.25. The highest BCUT2D eigenvalue weighted by molar-refractivity contribution is 5.75. The zero-order chi connectivity index (χ0) is 28.4. The van der Waals surface area contributed by atoms with Gasteiger partial charge in [0, 0.05) is 0 Å². The zero-order valence-corrected chi connectivity index (χ0v) is 23.4. The molecule has 5 rings (SSSR count). The molecule has 210 valence electrons. The first kappa shape index (κ1) is 27.5. The molecule has 1 unspecified atom stereocenters. The number of aryl methyl sites for hydroxylation is 2. The van der Waals surface area contributed by atoms with Crippen LogP contribution in [0.2, 0.25) is 0 Å². The number of benzene rings is 3. The molecule has 1 aliphatic rings.